The van der Waals surface area contributed by atoms with Crippen molar-refractivity contribution >= 4 is 45.1 Å². The summed E-state index contributed by atoms with van der Waals surface area (Å²) in [6.45, 7) is 1.43. The molecule has 0 saturated carbocycles. The number of benzene rings is 2. The third-order valence-corrected chi connectivity index (χ3v) is 4.33. The van der Waals surface area contributed by atoms with E-state index in [1.165, 1.54) is 0 Å². The summed E-state index contributed by atoms with van der Waals surface area (Å²) in [7, 11) is 0. The Morgan fingerprint density at radius 3 is 2.55 bits per heavy atom. The highest BCUT2D eigenvalue weighted by Gasteiger charge is 2.12. The van der Waals surface area contributed by atoms with Crippen LogP contribution in [0, 0.1) is 6.92 Å². The predicted octanol–water partition coefficient (Wildman–Crippen LogP) is 4.21. The van der Waals surface area contributed by atoms with Crippen LogP contribution in [0.1, 0.15) is 15.9 Å². The van der Waals surface area contributed by atoms with Crippen molar-refractivity contribution in [1.29, 1.82) is 0 Å². The Morgan fingerprint density at radius 2 is 1.86 bits per heavy atom. The van der Waals surface area contributed by atoms with Crippen LogP contribution >= 0.6 is 27.5 Å². The summed E-state index contributed by atoms with van der Waals surface area (Å²) in [4.78, 5) is 23.6. The second kappa shape index (κ2) is 7.42. The minimum atomic E-state index is -0.540. The topological polar surface area (TPSA) is 55.4 Å². The molecule has 0 aliphatic heterocycles. The van der Waals surface area contributed by atoms with Crippen molar-refractivity contribution in [3.63, 3.8) is 0 Å². The SMILES string of the molecule is Cc1c(NC(=O)COC(=O)c2ccccc2)ccc(Br)c1Cl. The number of carbonyl (C=O) groups excluding carboxylic acids is 2. The predicted molar refractivity (Wildman–Crippen MR) is 89.2 cm³/mol. The van der Waals surface area contributed by atoms with Crippen molar-refractivity contribution < 1.29 is 14.3 Å². The van der Waals surface area contributed by atoms with Crippen LogP contribution in [-0.4, -0.2) is 18.5 Å². The van der Waals surface area contributed by atoms with E-state index in [-0.39, 0.29) is 6.61 Å². The van der Waals surface area contributed by atoms with Crippen molar-refractivity contribution in [1.82, 2.24) is 0 Å². The standard InChI is InChI=1S/C16H13BrClNO3/c1-10-13(8-7-12(17)15(10)18)19-14(20)9-22-16(21)11-5-3-2-4-6-11/h2-8H,9H2,1H3,(H,19,20). The molecule has 0 aliphatic carbocycles. The number of esters is 1. The highest BCUT2D eigenvalue weighted by Crippen LogP contribution is 2.30. The lowest BCUT2D eigenvalue weighted by molar-refractivity contribution is -0.119. The highest BCUT2D eigenvalue weighted by atomic mass is 79.9. The van der Waals surface area contributed by atoms with E-state index in [2.05, 4.69) is 21.2 Å². The number of halogens is 2. The fourth-order valence-electron chi connectivity index (χ4n) is 1.76. The van der Waals surface area contributed by atoms with Crippen LogP contribution in [0.5, 0.6) is 0 Å². The summed E-state index contributed by atoms with van der Waals surface area (Å²) >= 11 is 9.40. The van der Waals surface area contributed by atoms with E-state index >= 15 is 0 Å². The van der Waals surface area contributed by atoms with Crippen molar-refractivity contribution in [2.24, 2.45) is 0 Å². The summed E-state index contributed by atoms with van der Waals surface area (Å²) in [6, 6.07) is 12.0. The summed E-state index contributed by atoms with van der Waals surface area (Å²) < 4.78 is 5.71. The molecule has 0 saturated heterocycles. The molecule has 22 heavy (non-hydrogen) atoms. The third kappa shape index (κ3) is 4.08. The van der Waals surface area contributed by atoms with Gasteiger partial charge in [0.25, 0.3) is 5.91 Å². The number of amides is 1. The average Bonchev–Trinajstić information content (AvgIpc) is 2.54. The van der Waals surface area contributed by atoms with Gasteiger partial charge in [-0.3, -0.25) is 4.79 Å². The highest BCUT2D eigenvalue weighted by molar-refractivity contribution is 9.10. The van der Waals surface area contributed by atoms with Crippen LogP contribution in [-0.2, 0) is 9.53 Å². The van der Waals surface area contributed by atoms with Crippen LogP contribution in [0.2, 0.25) is 5.02 Å². The van der Waals surface area contributed by atoms with Crippen LogP contribution in [0.3, 0.4) is 0 Å². The Kier molecular flexibility index (Phi) is 5.57. The van der Waals surface area contributed by atoms with Gasteiger partial charge in [-0.15, -0.1) is 0 Å². The van der Waals surface area contributed by atoms with Gasteiger partial charge in [0.1, 0.15) is 0 Å². The minimum Gasteiger partial charge on any atom is -0.452 e. The molecule has 0 fully saturated rings. The van der Waals surface area contributed by atoms with Gasteiger partial charge in [0, 0.05) is 10.2 Å². The maximum absolute atomic E-state index is 11.9. The monoisotopic (exact) mass is 381 g/mol. The molecule has 0 spiro atoms. The Morgan fingerprint density at radius 1 is 1.18 bits per heavy atom. The van der Waals surface area contributed by atoms with Crippen LogP contribution < -0.4 is 5.32 Å². The van der Waals surface area contributed by atoms with Gasteiger partial charge in [-0.1, -0.05) is 29.8 Å². The van der Waals surface area contributed by atoms with Gasteiger partial charge in [-0.25, -0.2) is 4.79 Å². The molecule has 114 valence electrons. The van der Waals surface area contributed by atoms with Gasteiger partial charge < -0.3 is 10.1 Å². The van der Waals surface area contributed by atoms with E-state index in [4.69, 9.17) is 16.3 Å². The Balaban J connectivity index is 1.94. The molecule has 0 atom stereocenters. The van der Waals surface area contributed by atoms with Gasteiger partial charge in [0.2, 0.25) is 0 Å². The van der Waals surface area contributed by atoms with E-state index in [9.17, 15) is 9.59 Å². The van der Waals surface area contributed by atoms with Gasteiger partial charge >= 0.3 is 5.97 Å². The van der Waals surface area contributed by atoms with Crippen LogP contribution in [0.4, 0.5) is 5.69 Å². The molecule has 1 N–H and O–H groups in total. The van der Waals surface area contributed by atoms with Gasteiger partial charge in [0.05, 0.1) is 10.6 Å². The lowest BCUT2D eigenvalue weighted by Gasteiger charge is -2.11. The molecule has 0 aliphatic rings. The summed E-state index contributed by atoms with van der Waals surface area (Å²) in [5.74, 6) is -0.966. The number of nitrogens with one attached hydrogen (secondary N) is 1. The van der Waals surface area contributed by atoms with Crippen molar-refractivity contribution in [2.75, 3.05) is 11.9 Å². The Labute approximate surface area is 141 Å². The second-order valence-electron chi connectivity index (χ2n) is 4.52. The molecule has 0 heterocycles. The van der Waals surface area contributed by atoms with E-state index in [1.54, 1.807) is 49.4 Å². The number of carbonyl (C=O) groups is 2. The molecular weight excluding hydrogens is 370 g/mol. The zero-order valence-corrected chi connectivity index (χ0v) is 14.1. The number of rotatable bonds is 4. The van der Waals surface area contributed by atoms with Crippen LogP contribution in [0.25, 0.3) is 0 Å². The van der Waals surface area contributed by atoms with Crippen molar-refractivity contribution in [3.05, 3.63) is 63.1 Å². The molecule has 0 radical (unpaired) electrons. The molecule has 2 aromatic carbocycles. The Hall–Kier alpha value is -1.85. The first-order valence-corrected chi connectivity index (χ1v) is 7.62. The Bertz CT molecular complexity index is 704. The fraction of sp³-hybridized carbons (Fsp3) is 0.125. The zero-order valence-electron chi connectivity index (χ0n) is 11.7. The van der Waals surface area contributed by atoms with E-state index in [0.717, 1.165) is 10.0 Å². The molecule has 0 aromatic heterocycles. The third-order valence-electron chi connectivity index (χ3n) is 2.96. The minimum absolute atomic E-state index is 0.360. The molecule has 0 bridgehead atoms. The van der Waals surface area contributed by atoms with Crippen LogP contribution in [0.15, 0.2) is 46.9 Å². The number of hydrogen-bond donors (Lipinski definition) is 1. The van der Waals surface area contributed by atoms with Crippen molar-refractivity contribution in [2.45, 2.75) is 6.92 Å². The molecule has 6 heteroatoms. The van der Waals surface area contributed by atoms with E-state index in [1.807, 2.05) is 0 Å². The summed E-state index contributed by atoms with van der Waals surface area (Å²) in [6.07, 6.45) is 0. The normalized spacial score (nSPS) is 10.1. The lowest BCUT2D eigenvalue weighted by atomic mass is 10.2. The van der Waals surface area contributed by atoms with Gasteiger partial charge in [-0.2, -0.15) is 0 Å². The van der Waals surface area contributed by atoms with Crippen molar-refractivity contribution in [3.8, 4) is 0 Å². The first-order valence-electron chi connectivity index (χ1n) is 6.45. The quantitative estimate of drug-likeness (QED) is 0.806. The van der Waals surface area contributed by atoms with Gasteiger partial charge in [-0.05, 0) is 52.7 Å². The summed E-state index contributed by atoms with van der Waals surface area (Å²) in [5, 5.41) is 3.19. The maximum Gasteiger partial charge on any atom is 0.338 e. The lowest BCUT2D eigenvalue weighted by Crippen LogP contribution is -2.21. The van der Waals surface area contributed by atoms with E-state index < -0.39 is 11.9 Å². The first kappa shape index (κ1) is 16.5. The second-order valence-corrected chi connectivity index (χ2v) is 5.76. The number of anilines is 1. The smallest absolute Gasteiger partial charge is 0.338 e. The molecule has 2 rings (SSSR count). The first-order chi connectivity index (χ1) is 10.5. The van der Waals surface area contributed by atoms with E-state index in [0.29, 0.717) is 16.3 Å². The zero-order chi connectivity index (χ0) is 16.1. The molecular formula is C16H13BrClNO3. The molecule has 2 aromatic rings. The number of hydrogen-bond acceptors (Lipinski definition) is 3. The maximum atomic E-state index is 11.9. The van der Waals surface area contributed by atoms with Gasteiger partial charge in [0.15, 0.2) is 6.61 Å². The molecule has 4 nitrogen and oxygen atoms in total. The average molecular weight is 383 g/mol. The summed E-state index contributed by atoms with van der Waals surface area (Å²) in [5.41, 5.74) is 1.71. The largest absolute Gasteiger partial charge is 0.452 e. The molecule has 1 amide bonds. The molecule has 0 unspecified atom stereocenters. The number of ether oxygens (including phenoxy) is 1. The fourth-order valence-corrected chi connectivity index (χ4v) is 2.36.